The number of nitrogens with one attached hydrogen (secondary N) is 1. The average molecular weight is 385 g/mol. The van der Waals surface area contributed by atoms with Crippen molar-refractivity contribution >= 4 is 5.96 Å². The van der Waals surface area contributed by atoms with E-state index in [1.165, 1.54) is 5.56 Å². The molecule has 0 aromatic heterocycles. The minimum Gasteiger partial charge on any atom is -0.497 e. The third kappa shape index (κ3) is 8.31. The van der Waals surface area contributed by atoms with Gasteiger partial charge in [0.15, 0.2) is 5.96 Å². The molecular formula is C22H32N4O2. The molecule has 0 bridgehead atoms. The lowest BCUT2D eigenvalue weighted by atomic mass is 10.1. The van der Waals surface area contributed by atoms with Crippen LogP contribution in [0.4, 0.5) is 0 Å². The van der Waals surface area contributed by atoms with Crippen LogP contribution in [0.25, 0.3) is 0 Å². The zero-order chi connectivity index (χ0) is 20.2. The molecule has 152 valence electrons. The Kier molecular flexibility index (Phi) is 9.15. The van der Waals surface area contributed by atoms with Gasteiger partial charge in [-0.3, -0.25) is 0 Å². The van der Waals surface area contributed by atoms with E-state index in [1.54, 1.807) is 7.11 Å². The highest BCUT2D eigenvalue weighted by atomic mass is 16.5. The number of rotatable bonds is 11. The SMILES string of the molecule is COc1ccc(CCNC(N)=NCc2ccc(OCCCN(C)C)cc2)cc1. The van der Waals surface area contributed by atoms with Gasteiger partial charge < -0.3 is 25.4 Å². The summed E-state index contributed by atoms with van der Waals surface area (Å²) in [5.74, 6) is 2.21. The van der Waals surface area contributed by atoms with E-state index < -0.39 is 0 Å². The number of hydrogen-bond acceptors (Lipinski definition) is 4. The van der Waals surface area contributed by atoms with Crippen molar-refractivity contribution in [2.24, 2.45) is 10.7 Å². The summed E-state index contributed by atoms with van der Waals surface area (Å²) in [4.78, 5) is 6.55. The molecule has 0 unspecified atom stereocenters. The molecule has 6 heteroatoms. The molecule has 0 saturated carbocycles. The number of nitrogens with zero attached hydrogens (tertiary/aromatic N) is 2. The predicted molar refractivity (Wildman–Crippen MR) is 115 cm³/mol. The number of aliphatic imine (C=N–C) groups is 1. The Balaban J connectivity index is 1.68. The van der Waals surface area contributed by atoms with Crippen LogP contribution in [0.5, 0.6) is 11.5 Å². The first-order valence-corrected chi connectivity index (χ1v) is 9.60. The fraction of sp³-hybridized carbons (Fsp3) is 0.409. The van der Waals surface area contributed by atoms with Gasteiger partial charge in [0, 0.05) is 13.1 Å². The third-order valence-corrected chi connectivity index (χ3v) is 4.25. The lowest BCUT2D eigenvalue weighted by Crippen LogP contribution is -2.33. The third-order valence-electron chi connectivity index (χ3n) is 4.25. The number of hydrogen-bond donors (Lipinski definition) is 2. The van der Waals surface area contributed by atoms with Gasteiger partial charge in [-0.2, -0.15) is 0 Å². The van der Waals surface area contributed by atoms with E-state index in [0.29, 0.717) is 12.5 Å². The van der Waals surface area contributed by atoms with Gasteiger partial charge in [0.25, 0.3) is 0 Å². The molecular weight excluding hydrogens is 352 g/mol. The van der Waals surface area contributed by atoms with Gasteiger partial charge in [-0.15, -0.1) is 0 Å². The van der Waals surface area contributed by atoms with Crippen LogP contribution in [0.15, 0.2) is 53.5 Å². The van der Waals surface area contributed by atoms with Crippen LogP contribution in [0.3, 0.4) is 0 Å². The molecule has 0 amide bonds. The van der Waals surface area contributed by atoms with E-state index in [9.17, 15) is 0 Å². The van der Waals surface area contributed by atoms with Crippen LogP contribution in [0.1, 0.15) is 17.5 Å². The lowest BCUT2D eigenvalue weighted by molar-refractivity contribution is 0.281. The highest BCUT2D eigenvalue weighted by Crippen LogP contribution is 2.13. The topological polar surface area (TPSA) is 72.1 Å². The number of ether oxygens (including phenoxy) is 2. The monoisotopic (exact) mass is 384 g/mol. The number of methoxy groups -OCH3 is 1. The summed E-state index contributed by atoms with van der Waals surface area (Å²) < 4.78 is 10.9. The zero-order valence-corrected chi connectivity index (χ0v) is 17.1. The van der Waals surface area contributed by atoms with E-state index in [4.69, 9.17) is 15.2 Å². The number of benzene rings is 2. The molecule has 0 aliphatic carbocycles. The first-order valence-electron chi connectivity index (χ1n) is 9.60. The molecule has 2 rings (SSSR count). The zero-order valence-electron chi connectivity index (χ0n) is 17.1. The van der Waals surface area contributed by atoms with Crippen LogP contribution < -0.4 is 20.5 Å². The van der Waals surface area contributed by atoms with Crippen LogP contribution >= 0.6 is 0 Å². The Labute approximate surface area is 168 Å². The summed E-state index contributed by atoms with van der Waals surface area (Å²) in [7, 11) is 5.80. The van der Waals surface area contributed by atoms with Gasteiger partial charge in [-0.25, -0.2) is 4.99 Å². The van der Waals surface area contributed by atoms with Crippen LogP contribution in [0.2, 0.25) is 0 Å². The second kappa shape index (κ2) is 11.9. The quantitative estimate of drug-likeness (QED) is 0.354. The fourth-order valence-electron chi connectivity index (χ4n) is 2.62. The molecule has 0 aliphatic heterocycles. The maximum atomic E-state index is 5.96. The van der Waals surface area contributed by atoms with Crippen LogP contribution in [0, 0.1) is 0 Å². The Bertz CT molecular complexity index is 712. The maximum Gasteiger partial charge on any atom is 0.188 e. The van der Waals surface area contributed by atoms with Gasteiger partial charge in [-0.1, -0.05) is 24.3 Å². The summed E-state index contributed by atoms with van der Waals surface area (Å²) in [6, 6.07) is 16.0. The smallest absolute Gasteiger partial charge is 0.188 e. The summed E-state index contributed by atoms with van der Waals surface area (Å²) in [6.07, 6.45) is 1.89. The molecule has 0 aliphatic rings. The van der Waals surface area contributed by atoms with Gasteiger partial charge in [-0.05, 0) is 62.3 Å². The molecule has 0 radical (unpaired) electrons. The number of nitrogens with two attached hydrogens (primary N) is 1. The van der Waals surface area contributed by atoms with Crippen molar-refractivity contribution in [1.82, 2.24) is 10.2 Å². The highest BCUT2D eigenvalue weighted by Gasteiger charge is 1.99. The Morgan fingerprint density at radius 1 is 1.00 bits per heavy atom. The largest absolute Gasteiger partial charge is 0.497 e. The van der Waals surface area contributed by atoms with Crippen molar-refractivity contribution in [2.75, 3.05) is 40.9 Å². The van der Waals surface area contributed by atoms with Gasteiger partial charge >= 0.3 is 0 Å². The lowest BCUT2D eigenvalue weighted by Gasteiger charge is -2.10. The normalized spacial score (nSPS) is 11.5. The van der Waals surface area contributed by atoms with Crippen molar-refractivity contribution < 1.29 is 9.47 Å². The van der Waals surface area contributed by atoms with Crippen molar-refractivity contribution in [3.63, 3.8) is 0 Å². The second-order valence-corrected chi connectivity index (χ2v) is 6.88. The average Bonchev–Trinajstić information content (AvgIpc) is 2.71. The number of guanidine groups is 1. The fourth-order valence-corrected chi connectivity index (χ4v) is 2.62. The first kappa shape index (κ1) is 21.6. The van der Waals surface area contributed by atoms with Crippen LogP contribution in [-0.4, -0.2) is 51.8 Å². The Hall–Kier alpha value is -2.73. The minimum atomic E-state index is 0.456. The summed E-state index contributed by atoms with van der Waals surface area (Å²) in [5, 5.41) is 3.15. The van der Waals surface area contributed by atoms with Crippen molar-refractivity contribution in [3.8, 4) is 11.5 Å². The molecule has 2 aromatic rings. The molecule has 0 spiro atoms. The predicted octanol–water partition coefficient (Wildman–Crippen LogP) is 2.67. The van der Waals surface area contributed by atoms with Gasteiger partial charge in [0.1, 0.15) is 11.5 Å². The van der Waals surface area contributed by atoms with Gasteiger partial charge in [0.05, 0.1) is 20.3 Å². The Morgan fingerprint density at radius 2 is 1.64 bits per heavy atom. The van der Waals surface area contributed by atoms with E-state index in [0.717, 1.165) is 49.6 Å². The first-order chi connectivity index (χ1) is 13.6. The molecule has 0 atom stereocenters. The van der Waals surface area contributed by atoms with E-state index >= 15 is 0 Å². The standard InChI is InChI=1S/C22H32N4O2/c1-26(2)15-4-16-28-21-11-7-19(8-12-21)17-25-22(23)24-14-13-18-5-9-20(27-3)10-6-18/h5-12H,4,13-17H2,1-3H3,(H3,23,24,25). The molecule has 3 N–H and O–H groups in total. The summed E-state index contributed by atoms with van der Waals surface area (Å²) >= 11 is 0. The summed E-state index contributed by atoms with van der Waals surface area (Å²) in [6.45, 7) is 3.03. The molecule has 0 fully saturated rings. The maximum absolute atomic E-state index is 5.96. The van der Waals surface area contributed by atoms with E-state index in [1.807, 2.05) is 36.4 Å². The second-order valence-electron chi connectivity index (χ2n) is 6.88. The molecule has 0 saturated heterocycles. The minimum absolute atomic E-state index is 0.456. The van der Waals surface area contributed by atoms with Crippen LogP contribution in [-0.2, 0) is 13.0 Å². The van der Waals surface area contributed by atoms with E-state index in [2.05, 4.69) is 41.4 Å². The van der Waals surface area contributed by atoms with Gasteiger partial charge in [0.2, 0.25) is 0 Å². The van der Waals surface area contributed by atoms with Crippen molar-refractivity contribution in [1.29, 1.82) is 0 Å². The van der Waals surface area contributed by atoms with Crippen molar-refractivity contribution in [3.05, 3.63) is 59.7 Å². The van der Waals surface area contributed by atoms with E-state index in [-0.39, 0.29) is 0 Å². The van der Waals surface area contributed by atoms with Crippen molar-refractivity contribution in [2.45, 2.75) is 19.4 Å². The molecule has 0 heterocycles. The molecule has 28 heavy (non-hydrogen) atoms. The highest BCUT2D eigenvalue weighted by molar-refractivity contribution is 5.77. The Morgan fingerprint density at radius 3 is 2.29 bits per heavy atom. The summed E-state index contributed by atoms with van der Waals surface area (Å²) in [5.41, 5.74) is 8.28. The molecule has 6 nitrogen and oxygen atoms in total. The molecule has 2 aromatic carbocycles.